The van der Waals surface area contributed by atoms with Crippen molar-refractivity contribution in [2.45, 2.75) is 31.7 Å². The molecule has 0 aliphatic rings. The van der Waals surface area contributed by atoms with E-state index < -0.39 is 6.10 Å². The Morgan fingerprint density at radius 1 is 1.41 bits per heavy atom. The predicted molar refractivity (Wildman–Crippen MR) is 70.4 cm³/mol. The van der Waals surface area contributed by atoms with Crippen LogP contribution in [-0.4, -0.2) is 18.7 Å². The number of rotatable bonds is 6. The Morgan fingerprint density at radius 2 is 2.18 bits per heavy atom. The molecule has 4 heteroatoms. The second kappa shape index (κ2) is 7.33. The van der Waals surface area contributed by atoms with Crippen LogP contribution >= 0.6 is 15.9 Å². The molecule has 0 fully saturated rings. The summed E-state index contributed by atoms with van der Waals surface area (Å²) in [4.78, 5) is 11.6. The maximum Gasteiger partial charge on any atom is 0.347 e. The average molecular weight is 301 g/mol. The van der Waals surface area contributed by atoms with E-state index in [0.717, 1.165) is 10.9 Å². The summed E-state index contributed by atoms with van der Waals surface area (Å²) >= 11 is 3.38. The lowest BCUT2D eigenvalue weighted by atomic mass is 10.2. The normalized spacial score (nSPS) is 11.9. The van der Waals surface area contributed by atoms with E-state index in [-0.39, 0.29) is 5.97 Å². The largest absolute Gasteiger partial charge is 0.479 e. The summed E-state index contributed by atoms with van der Waals surface area (Å²) in [6.07, 6.45) is 0.0673. The van der Waals surface area contributed by atoms with E-state index in [9.17, 15) is 4.79 Å². The average Bonchev–Trinajstić information content (AvgIpc) is 2.36. The molecule has 0 aromatic heterocycles. The fourth-order valence-electron chi connectivity index (χ4n) is 1.40. The minimum absolute atomic E-state index is 0.306. The lowest BCUT2D eigenvalue weighted by Gasteiger charge is -2.16. The van der Waals surface area contributed by atoms with Crippen molar-refractivity contribution in [1.29, 1.82) is 0 Å². The standard InChI is InChI=1S/C13H17BrO3/c1-3-12(13(15)16-4-2)17-11-7-5-6-10(8-11)9-14/h5-8,12H,3-4,9H2,1-2H3. The first kappa shape index (κ1) is 14.0. The first-order valence-corrected chi connectivity index (χ1v) is 6.81. The molecule has 0 heterocycles. The van der Waals surface area contributed by atoms with Crippen molar-refractivity contribution >= 4 is 21.9 Å². The summed E-state index contributed by atoms with van der Waals surface area (Å²) in [6.45, 7) is 4.06. The molecule has 17 heavy (non-hydrogen) atoms. The number of esters is 1. The lowest BCUT2D eigenvalue weighted by Crippen LogP contribution is -2.28. The molecule has 1 aromatic rings. The Hall–Kier alpha value is -1.03. The van der Waals surface area contributed by atoms with E-state index in [1.54, 1.807) is 6.92 Å². The molecule has 0 N–H and O–H groups in total. The van der Waals surface area contributed by atoms with Gasteiger partial charge in [0.15, 0.2) is 6.10 Å². The van der Waals surface area contributed by atoms with Crippen LogP contribution in [0.2, 0.25) is 0 Å². The van der Waals surface area contributed by atoms with Crippen molar-refractivity contribution in [1.82, 2.24) is 0 Å². The number of ether oxygens (including phenoxy) is 2. The van der Waals surface area contributed by atoms with Crippen molar-refractivity contribution < 1.29 is 14.3 Å². The van der Waals surface area contributed by atoms with Crippen LogP contribution in [0.1, 0.15) is 25.8 Å². The SMILES string of the molecule is CCOC(=O)C(CC)Oc1cccc(CBr)c1. The molecule has 0 radical (unpaired) electrons. The molecule has 1 aromatic carbocycles. The monoisotopic (exact) mass is 300 g/mol. The Kier molecular flexibility index (Phi) is 6.05. The van der Waals surface area contributed by atoms with Crippen LogP contribution < -0.4 is 4.74 Å². The summed E-state index contributed by atoms with van der Waals surface area (Å²) in [5, 5.41) is 0.764. The van der Waals surface area contributed by atoms with E-state index in [1.807, 2.05) is 31.2 Å². The summed E-state index contributed by atoms with van der Waals surface area (Å²) < 4.78 is 10.6. The molecule has 0 saturated carbocycles. The molecule has 0 aliphatic carbocycles. The van der Waals surface area contributed by atoms with Gasteiger partial charge < -0.3 is 9.47 Å². The van der Waals surface area contributed by atoms with Crippen LogP contribution in [0.3, 0.4) is 0 Å². The van der Waals surface area contributed by atoms with Gasteiger partial charge >= 0.3 is 5.97 Å². The maximum atomic E-state index is 11.6. The summed E-state index contributed by atoms with van der Waals surface area (Å²) in [7, 11) is 0. The molecular weight excluding hydrogens is 284 g/mol. The quantitative estimate of drug-likeness (QED) is 0.597. The lowest BCUT2D eigenvalue weighted by molar-refractivity contribution is -0.151. The molecule has 0 saturated heterocycles. The molecule has 94 valence electrons. The third-order valence-corrected chi connectivity index (χ3v) is 2.90. The van der Waals surface area contributed by atoms with Gasteiger partial charge in [-0.3, -0.25) is 0 Å². The third-order valence-electron chi connectivity index (χ3n) is 2.25. The van der Waals surface area contributed by atoms with E-state index in [1.165, 1.54) is 0 Å². The number of hydrogen-bond acceptors (Lipinski definition) is 3. The maximum absolute atomic E-state index is 11.6. The Labute approximate surface area is 110 Å². The smallest absolute Gasteiger partial charge is 0.347 e. The first-order valence-electron chi connectivity index (χ1n) is 5.69. The zero-order valence-electron chi connectivity index (χ0n) is 10.1. The molecule has 0 aliphatic heterocycles. The second-order valence-electron chi connectivity index (χ2n) is 3.55. The third kappa shape index (κ3) is 4.38. The number of carbonyl (C=O) groups is 1. The molecule has 0 spiro atoms. The van der Waals surface area contributed by atoms with Crippen LogP contribution in [0.4, 0.5) is 0 Å². The summed E-state index contributed by atoms with van der Waals surface area (Å²) in [5.41, 5.74) is 1.11. The fraction of sp³-hybridized carbons (Fsp3) is 0.462. The molecule has 0 amide bonds. The zero-order valence-corrected chi connectivity index (χ0v) is 11.7. The minimum atomic E-state index is -0.527. The van der Waals surface area contributed by atoms with Crippen molar-refractivity contribution in [2.24, 2.45) is 0 Å². The van der Waals surface area contributed by atoms with E-state index >= 15 is 0 Å². The van der Waals surface area contributed by atoms with Crippen LogP contribution in [0.5, 0.6) is 5.75 Å². The van der Waals surface area contributed by atoms with Gasteiger partial charge in [-0.05, 0) is 31.0 Å². The van der Waals surface area contributed by atoms with Gasteiger partial charge in [-0.25, -0.2) is 4.79 Å². The number of alkyl halides is 1. The highest BCUT2D eigenvalue weighted by Crippen LogP contribution is 2.18. The predicted octanol–water partition coefficient (Wildman–Crippen LogP) is 3.30. The van der Waals surface area contributed by atoms with E-state index in [2.05, 4.69) is 15.9 Å². The fourth-order valence-corrected chi connectivity index (χ4v) is 1.75. The summed E-state index contributed by atoms with van der Waals surface area (Å²) in [5.74, 6) is 0.390. The number of halogens is 1. The molecule has 3 nitrogen and oxygen atoms in total. The highest BCUT2D eigenvalue weighted by atomic mass is 79.9. The summed E-state index contributed by atoms with van der Waals surface area (Å²) in [6, 6.07) is 7.65. The van der Waals surface area contributed by atoms with Gasteiger partial charge in [-0.2, -0.15) is 0 Å². The second-order valence-corrected chi connectivity index (χ2v) is 4.11. The van der Waals surface area contributed by atoms with E-state index in [0.29, 0.717) is 18.8 Å². The van der Waals surface area contributed by atoms with Gasteiger partial charge in [0.05, 0.1) is 6.61 Å². The van der Waals surface area contributed by atoms with Crippen molar-refractivity contribution in [3.8, 4) is 5.75 Å². The highest BCUT2D eigenvalue weighted by Gasteiger charge is 2.19. The van der Waals surface area contributed by atoms with Gasteiger partial charge in [0.25, 0.3) is 0 Å². The van der Waals surface area contributed by atoms with Gasteiger partial charge in [0.2, 0.25) is 0 Å². The van der Waals surface area contributed by atoms with Crippen molar-refractivity contribution in [3.05, 3.63) is 29.8 Å². The molecule has 1 rings (SSSR count). The van der Waals surface area contributed by atoms with Crippen molar-refractivity contribution in [2.75, 3.05) is 6.61 Å². The topological polar surface area (TPSA) is 35.5 Å². The molecular formula is C13H17BrO3. The van der Waals surface area contributed by atoms with E-state index in [4.69, 9.17) is 9.47 Å². The van der Waals surface area contributed by atoms with Crippen LogP contribution in [-0.2, 0) is 14.9 Å². The minimum Gasteiger partial charge on any atom is -0.479 e. The van der Waals surface area contributed by atoms with Crippen LogP contribution in [0, 0.1) is 0 Å². The Morgan fingerprint density at radius 3 is 2.76 bits per heavy atom. The number of carbonyl (C=O) groups excluding carboxylic acids is 1. The van der Waals surface area contributed by atoms with Gasteiger partial charge in [0, 0.05) is 5.33 Å². The van der Waals surface area contributed by atoms with Gasteiger partial charge in [0.1, 0.15) is 5.75 Å². The number of hydrogen-bond donors (Lipinski definition) is 0. The van der Waals surface area contributed by atoms with Crippen LogP contribution in [0.25, 0.3) is 0 Å². The van der Waals surface area contributed by atoms with Gasteiger partial charge in [-0.15, -0.1) is 0 Å². The Bertz CT molecular complexity index is 365. The highest BCUT2D eigenvalue weighted by molar-refractivity contribution is 9.08. The Balaban J connectivity index is 2.69. The molecule has 1 unspecified atom stereocenters. The van der Waals surface area contributed by atoms with Gasteiger partial charge in [-0.1, -0.05) is 35.0 Å². The molecule has 0 bridgehead atoms. The first-order chi connectivity index (χ1) is 8.21. The molecule has 1 atom stereocenters. The number of benzene rings is 1. The van der Waals surface area contributed by atoms with Crippen molar-refractivity contribution in [3.63, 3.8) is 0 Å². The zero-order chi connectivity index (χ0) is 12.7. The van der Waals surface area contributed by atoms with Crippen LogP contribution in [0.15, 0.2) is 24.3 Å².